The summed E-state index contributed by atoms with van der Waals surface area (Å²) in [7, 11) is -1.75. The second-order valence-electron chi connectivity index (χ2n) is 4.93. The van der Waals surface area contributed by atoms with Crippen LogP contribution in [-0.2, 0) is 10.0 Å². The van der Waals surface area contributed by atoms with Gasteiger partial charge in [0.25, 0.3) is 0 Å². The van der Waals surface area contributed by atoms with Crippen LogP contribution in [-0.4, -0.2) is 36.1 Å². The van der Waals surface area contributed by atoms with Crippen LogP contribution >= 0.6 is 12.2 Å². The molecule has 0 aliphatic heterocycles. The van der Waals surface area contributed by atoms with Crippen LogP contribution in [0.1, 0.15) is 39.5 Å². The Morgan fingerprint density at radius 3 is 2.41 bits per heavy atom. The lowest BCUT2D eigenvalue weighted by molar-refractivity contribution is 0.213. The Morgan fingerprint density at radius 2 is 1.94 bits per heavy atom. The Kier molecular flexibility index (Phi) is 4.92. The Morgan fingerprint density at radius 1 is 1.41 bits per heavy atom. The van der Waals surface area contributed by atoms with Gasteiger partial charge in [-0.15, -0.1) is 0 Å². The molecule has 1 rings (SSSR count). The molecule has 6 heteroatoms. The number of hydrogen-bond donors (Lipinski definition) is 1. The summed E-state index contributed by atoms with van der Waals surface area (Å²) in [6.07, 6.45) is 4.31. The zero-order valence-corrected chi connectivity index (χ0v) is 12.4. The topological polar surface area (TPSA) is 63.4 Å². The molecule has 0 aromatic rings. The molecule has 0 amide bonds. The van der Waals surface area contributed by atoms with Crippen LogP contribution in [0, 0.1) is 5.92 Å². The Labute approximate surface area is 110 Å². The van der Waals surface area contributed by atoms with Gasteiger partial charge in [-0.05, 0) is 25.7 Å². The Hall–Kier alpha value is -0.200. The summed E-state index contributed by atoms with van der Waals surface area (Å²) in [6, 6.07) is 0.0885. The molecule has 4 nitrogen and oxygen atoms in total. The van der Waals surface area contributed by atoms with E-state index >= 15 is 0 Å². The van der Waals surface area contributed by atoms with Gasteiger partial charge in [-0.2, -0.15) is 0 Å². The normalized spacial score (nSPS) is 28.0. The highest BCUT2D eigenvalue weighted by molar-refractivity contribution is 7.92. The van der Waals surface area contributed by atoms with E-state index in [0.29, 0.717) is 5.92 Å². The molecule has 17 heavy (non-hydrogen) atoms. The van der Waals surface area contributed by atoms with Gasteiger partial charge in [-0.3, -0.25) is 0 Å². The lowest BCUT2D eigenvalue weighted by Crippen LogP contribution is -2.48. The molecular weight excluding hydrogens is 256 g/mol. The monoisotopic (exact) mass is 278 g/mol. The Balaban J connectivity index is 2.87. The van der Waals surface area contributed by atoms with Crippen LogP contribution in [0.4, 0.5) is 0 Å². The summed E-state index contributed by atoms with van der Waals surface area (Å²) < 4.78 is 26.0. The van der Waals surface area contributed by atoms with Crippen LogP contribution in [0.5, 0.6) is 0 Å². The van der Waals surface area contributed by atoms with Crippen molar-refractivity contribution >= 4 is 27.2 Å². The van der Waals surface area contributed by atoms with Crippen molar-refractivity contribution in [3.8, 4) is 0 Å². The summed E-state index contributed by atoms with van der Waals surface area (Å²) in [5.41, 5.74) is 5.45. The van der Waals surface area contributed by atoms with Crippen molar-refractivity contribution in [3.63, 3.8) is 0 Å². The fraction of sp³-hybridized carbons (Fsp3) is 0.909. The quantitative estimate of drug-likeness (QED) is 0.792. The molecule has 1 aliphatic carbocycles. The van der Waals surface area contributed by atoms with Crippen LogP contribution in [0.15, 0.2) is 0 Å². The molecule has 0 saturated heterocycles. The maximum Gasteiger partial charge on any atom is 0.223 e. The van der Waals surface area contributed by atoms with Gasteiger partial charge in [0, 0.05) is 13.1 Å². The SMILES string of the molecule is CC1CCCCC1N(C)S(=O)(=O)C(C)C(N)=S. The predicted octanol–water partition coefficient (Wildman–Crippen LogP) is 1.50. The highest BCUT2D eigenvalue weighted by Gasteiger charge is 2.35. The molecule has 0 heterocycles. The second-order valence-corrected chi connectivity index (χ2v) is 7.72. The average Bonchev–Trinajstić information content (AvgIpc) is 2.27. The molecule has 100 valence electrons. The lowest BCUT2D eigenvalue weighted by Gasteiger charge is -2.36. The first-order valence-electron chi connectivity index (χ1n) is 6.04. The molecule has 0 aromatic heterocycles. The third-order valence-electron chi connectivity index (χ3n) is 3.78. The minimum Gasteiger partial charge on any atom is -0.392 e. The average molecular weight is 278 g/mol. The van der Waals surface area contributed by atoms with Crippen LogP contribution in [0.2, 0.25) is 0 Å². The predicted molar refractivity (Wildman–Crippen MR) is 74.4 cm³/mol. The molecule has 3 unspecified atom stereocenters. The second kappa shape index (κ2) is 5.63. The molecular formula is C11H22N2O2S2. The van der Waals surface area contributed by atoms with Crippen molar-refractivity contribution in [2.75, 3.05) is 7.05 Å². The van der Waals surface area contributed by atoms with Crippen molar-refractivity contribution in [3.05, 3.63) is 0 Å². The third-order valence-corrected chi connectivity index (χ3v) is 6.51. The molecule has 0 radical (unpaired) electrons. The molecule has 3 atom stereocenters. The van der Waals surface area contributed by atoms with Crippen molar-refractivity contribution < 1.29 is 8.42 Å². The molecule has 0 bridgehead atoms. The minimum absolute atomic E-state index is 0.0420. The zero-order valence-electron chi connectivity index (χ0n) is 10.7. The number of nitrogens with zero attached hydrogens (tertiary/aromatic N) is 1. The van der Waals surface area contributed by atoms with Crippen molar-refractivity contribution in [1.82, 2.24) is 4.31 Å². The van der Waals surface area contributed by atoms with Gasteiger partial charge in [0.05, 0.1) is 4.99 Å². The van der Waals surface area contributed by atoms with Gasteiger partial charge in [0.15, 0.2) is 0 Å². The summed E-state index contributed by atoms with van der Waals surface area (Å²) in [5, 5.41) is -0.781. The number of sulfonamides is 1. The minimum atomic E-state index is -3.40. The first-order chi connectivity index (χ1) is 7.78. The van der Waals surface area contributed by atoms with Crippen molar-refractivity contribution in [1.29, 1.82) is 0 Å². The number of nitrogens with two attached hydrogens (primary N) is 1. The fourth-order valence-electron chi connectivity index (χ4n) is 2.42. The van der Waals surface area contributed by atoms with Gasteiger partial charge in [0.2, 0.25) is 10.0 Å². The van der Waals surface area contributed by atoms with Gasteiger partial charge in [-0.25, -0.2) is 12.7 Å². The summed E-state index contributed by atoms with van der Waals surface area (Å²) in [4.78, 5) is 0.0420. The molecule has 2 N–H and O–H groups in total. The smallest absolute Gasteiger partial charge is 0.223 e. The van der Waals surface area contributed by atoms with Gasteiger partial charge in [0.1, 0.15) is 5.25 Å². The van der Waals surface area contributed by atoms with E-state index in [1.54, 1.807) is 14.0 Å². The molecule has 0 aromatic carbocycles. The van der Waals surface area contributed by atoms with E-state index in [0.717, 1.165) is 19.3 Å². The summed E-state index contributed by atoms with van der Waals surface area (Å²) >= 11 is 4.79. The van der Waals surface area contributed by atoms with E-state index in [-0.39, 0.29) is 11.0 Å². The maximum atomic E-state index is 12.3. The third kappa shape index (κ3) is 3.17. The lowest BCUT2D eigenvalue weighted by atomic mass is 9.86. The van der Waals surface area contributed by atoms with Crippen molar-refractivity contribution in [2.24, 2.45) is 11.7 Å². The highest BCUT2D eigenvalue weighted by atomic mass is 32.2. The van der Waals surface area contributed by atoms with E-state index < -0.39 is 15.3 Å². The first kappa shape index (κ1) is 14.9. The molecule has 0 spiro atoms. The highest BCUT2D eigenvalue weighted by Crippen LogP contribution is 2.29. The maximum absolute atomic E-state index is 12.3. The van der Waals surface area contributed by atoms with Crippen LogP contribution < -0.4 is 5.73 Å². The standard InChI is InChI=1S/C11H22N2O2S2/c1-8-6-4-5-7-10(8)13(3)17(14,15)9(2)11(12)16/h8-10H,4-7H2,1-3H3,(H2,12,16). The van der Waals surface area contributed by atoms with Crippen LogP contribution in [0.3, 0.4) is 0 Å². The van der Waals surface area contributed by atoms with Crippen molar-refractivity contribution in [2.45, 2.75) is 50.8 Å². The summed E-state index contributed by atoms with van der Waals surface area (Å²) in [5.74, 6) is 0.405. The molecule has 1 fully saturated rings. The van der Waals surface area contributed by atoms with Gasteiger partial charge >= 0.3 is 0 Å². The van der Waals surface area contributed by atoms with E-state index in [2.05, 4.69) is 6.92 Å². The van der Waals surface area contributed by atoms with Gasteiger partial charge in [-0.1, -0.05) is 32.0 Å². The fourth-order valence-corrected chi connectivity index (χ4v) is 4.27. The summed E-state index contributed by atoms with van der Waals surface area (Å²) in [6.45, 7) is 3.67. The molecule has 1 saturated carbocycles. The molecule has 1 aliphatic rings. The van der Waals surface area contributed by atoms with E-state index in [1.807, 2.05) is 0 Å². The Bertz CT molecular complexity index is 381. The zero-order chi connectivity index (χ0) is 13.2. The number of thiocarbonyl (C=S) groups is 1. The largest absolute Gasteiger partial charge is 0.392 e. The van der Waals surface area contributed by atoms with E-state index in [9.17, 15) is 8.42 Å². The van der Waals surface area contributed by atoms with E-state index in [1.165, 1.54) is 10.7 Å². The van der Waals surface area contributed by atoms with E-state index in [4.69, 9.17) is 18.0 Å². The number of rotatable bonds is 4. The van der Waals surface area contributed by atoms with Gasteiger partial charge < -0.3 is 5.73 Å². The first-order valence-corrected chi connectivity index (χ1v) is 7.95. The number of hydrogen-bond acceptors (Lipinski definition) is 3. The van der Waals surface area contributed by atoms with Crippen LogP contribution in [0.25, 0.3) is 0 Å².